The number of halogens is 3. The number of sulfonamides is 1. The van der Waals surface area contributed by atoms with Gasteiger partial charge in [0, 0.05) is 0 Å². The van der Waals surface area contributed by atoms with Crippen LogP contribution in [0.1, 0.15) is 10.4 Å². The predicted octanol–water partition coefficient (Wildman–Crippen LogP) is 3.63. The van der Waals surface area contributed by atoms with Gasteiger partial charge in [-0.05, 0) is 30.3 Å². The second-order valence-corrected chi connectivity index (χ2v) is 6.63. The van der Waals surface area contributed by atoms with Crippen molar-refractivity contribution in [2.75, 3.05) is 4.72 Å². The van der Waals surface area contributed by atoms with E-state index in [1.807, 2.05) is 0 Å². The summed E-state index contributed by atoms with van der Waals surface area (Å²) >= 11 is 11.6. The summed E-state index contributed by atoms with van der Waals surface area (Å²) in [5, 5.41) is 8.41. The highest BCUT2D eigenvalue weighted by molar-refractivity contribution is 7.92. The van der Waals surface area contributed by atoms with Crippen molar-refractivity contribution in [3.8, 4) is 0 Å². The van der Waals surface area contributed by atoms with Crippen LogP contribution < -0.4 is 4.72 Å². The van der Waals surface area contributed by atoms with Gasteiger partial charge in [0.2, 0.25) is 0 Å². The van der Waals surface area contributed by atoms with Crippen LogP contribution in [0.15, 0.2) is 41.3 Å². The third kappa shape index (κ3) is 3.49. The highest BCUT2D eigenvalue weighted by Crippen LogP contribution is 2.32. The first-order chi connectivity index (χ1) is 10.2. The van der Waals surface area contributed by atoms with Crippen molar-refractivity contribution in [1.29, 1.82) is 0 Å². The number of rotatable bonds is 4. The van der Waals surface area contributed by atoms with E-state index in [9.17, 15) is 17.6 Å². The lowest BCUT2D eigenvalue weighted by molar-refractivity contribution is 0.0696. The summed E-state index contributed by atoms with van der Waals surface area (Å²) < 4.78 is 39.8. The molecule has 0 saturated carbocycles. The smallest absolute Gasteiger partial charge is 0.335 e. The topological polar surface area (TPSA) is 83.5 Å². The average molecular weight is 364 g/mol. The van der Waals surface area contributed by atoms with E-state index in [-0.39, 0.29) is 21.3 Å². The van der Waals surface area contributed by atoms with Gasteiger partial charge in [0.1, 0.15) is 10.7 Å². The summed E-state index contributed by atoms with van der Waals surface area (Å²) in [4.78, 5) is 10.5. The number of carbonyl (C=O) groups is 1. The molecule has 0 unspecified atom stereocenters. The second-order valence-electron chi connectivity index (χ2n) is 4.19. The van der Waals surface area contributed by atoms with Gasteiger partial charge in [-0.25, -0.2) is 17.6 Å². The van der Waals surface area contributed by atoms with Crippen LogP contribution in [0.4, 0.5) is 10.1 Å². The second kappa shape index (κ2) is 6.12. The molecule has 2 aromatic carbocycles. The number of hydrogen-bond donors (Lipinski definition) is 2. The maximum Gasteiger partial charge on any atom is 0.335 e. The molecule has 0 atom stereocenters. The molecule has 0 aliphatic heterocycles. The number of carboxylic acids is 1. The summed E-state index contributed by atoms with van der Waals surface area (Å²) in [6, 6.07) is 6.67. The molecule has 0 radical (unpaired) electrons. The predicted molar refractivity (Wildman–Crippen MR) is 80.6 cm³/mol. The maximum atomic E-state index is 13.1. The maximum absolute atomic E-state index is 13.1. The van der Waals surface area contributed by atoms with Gasteiger partial charge in [-0.15, -0.1) is 0 Å². The van der Waals surface area contributed by atoms with Crippen LogP contribution in [0.3, 0.4) is 0 Å². The van der Waals surface area contributed by atoms with E-state index in [0.29, 0.717) is 0 Å². The Hall–Kier alpha value is -1.83. The summed E-state index contributed by atoms with van der Waals surface area (Å²) in [6.45, 7) is 0. The number of anilines is 1. The van der Waals surface area contributed by atoms with Gasteiger partial charge < -0.3 is 5.11 Å². The fourth-order valence-corrected chi connectivity index (χ4v) is 3.51. The first-order valence-electron chi connectivity index (χ1n) is 5.71. The first kappa shape index (κ1) is 16.5. The molecule has 0 aliphatic rings. The van der Waals surface area contributed by atoms with Crippen molar-refractivity contribution in [3.05, 3.63) is 57.8 Å². The van der Waals surface area contributed by atoms with Gasteiger partial charge in [0.05, 0.1) is 21.3 Å². The van der Waals surface area contributed by atoms with Crippen molar-refractivity contribution < 1.29 is 22.7 Å². The molecule has 0 aromatic heterocycles. The van der Waals surface area contributed by atoms with E-state index in [1.165, 1.54) is 12.1 Å². The Bertz CT molecular complexity index is 855. The number of carboxylic acid groups (broad SMARTS) is 1. The molecule has 5 nitrogen and oxygen atoms in total. The van der Waals surface area contributed by atoms with E-state index in [0.717, 1.165) is 24.3 Å². The Morgan fingerprint density at radius 3 is 2.45 bits per heavy atom. The van der Waals surface area contributed by atoms with Crippen molar-refractivity contribution in [2.24, 2.45) is 0 Å². The summed E-state index contributed by atoms with van der Waals surface area (Å²) in [6.07, 6.45) is 0. The average Bonchev–Trinajstić information content (AvgIpc) is 2.40. The van der Waals surface area contributed by atoms with Crippen molar-refractivity contribution in [3.63, 3.8) is 0 Å². The Kier molecular flexibility index (Phi) is 4.60. The molecule has 22 heavy (non-hydrogen) atoms. The van der Waals surface area contributed by atoms with E-state index in [1.54, 1.807) is 0 Å². The van der Waals surface area contributed by atoms with Crippen LogP contribution >= 0.6 is 23.2 Å². The highest BCUT2D eigenvalue weighted by atomic mass is 35.5. The normalized spacial score (nSPS) is 11.2. The molecule has 0 fully saturated rings. The number of benzene rings is 2. The van der Waals surface area contributed by atoms with Gasteiger partial charge in [-0.1, -0.05) is 29.3 Å². The number of nitrogens with one attached hydrogen (secondary N) is 1. The van der Waals surface area contributed by atoms with Crippen LogP contribution in [-0.4, -0.2) is 19.5 Å². The van der Waals surface area contributed by atoms with E-state index in [4.69, 9.17) is 28.3 Å². The molecule has 2 rings (SSSR count). The summed E-state index contributed by atoms with van der Waals surface area (Å²) in [7, 11) is -4.24. The molecule has 2 aromatic rings. The minimum absolute atomic E-state index is 0.0343. The molecular weight excluding hydrogens is 356 g/mol. The monoisotopic (exact) mass is 363 g/mol. The van der Waals surface area contributed by atoms with Gasteiger partial charge >= 0.3 is 5.97 Å². The zero-order valence-corrected chi connectivity index (χ0v) is 13.0. The van der Waals surface area contributed by atoms with Gasteiger partial charge in [0.15, 0.2) is 0 Å². The molecule has 0 aliphatic carbocycles. The van der Waals surface area contributed by atoms with Crippen molar-refractivity contribution >= 4 is 44.9 Å². The highest BCUT2D eigenvalue weighted by Gasteiger charge is 2.23. The molecule has 2 N–H and O–H groups in total. The number of aromatic carboxylic acids is 1. The van der Waals surface area contributed by atoms with Gasteiger partial charge in [0.25, 0.3) is 10.0 Å². The van der Waals surface area contributed by atoms with Crippen LogP contribution in [0.5, 0.6) is 0 Å². The fraction of sp³-hybridized carbons (Fsp3) is 0. The third-order valence-corrected chi connectivity index (χ3v) is 4.93. The molecule has 0 amide bonds. The molecule has 9 heteroatoms. The Morgan fingerprint density at radius 1 is 1.18 bits per heavy atom. The van der Waals surface area contributed by atoms with E-state index >= 15 is 0 Å². The number of hydrogen-bond acceptors (Lipinski definition) is 3. The standard InChI is InChI=1S/C13H8Cl2FNO4S/c14-10-4-7(13(18)19)5-11(12(10)15)22(20,21)17-9-3-1-2-8(16)6-9/h1-6,17H,(H,18,19). The lowest BCUT2D eigenvalue weighted by atomic mass is 10.2. The van der Waals surface area contributed by atoms with E-state index < -0.39 is 26.7 Å². The Morgan fingerprint density at radius 2 is 1.86 bits per heavy atom. The lowest BCUT2D eigenvalue weighted by Crippen LogP contribution is -2.14. The van der Waals surface area contributed by atoms with Gasteiger partial charge in [-0.3, -0.25) is 4.72 Å². The first-order valence-corrected chi connectivity index (χ1v) is 7.95. The van der Waals surface area contributed by atoms with Crippen LogP contribution in [0.2, 0.25) is 10.0 Å². The quantitative estimate of drug-likeness (QED) is 0.868. The minimum Gasteiger partial charge on any atom is -0.478 e. The Labute approximate surface area is 135 Å². The molecule has 0 saturated heterocycles. The summed E-state index contributed by atoms with van der Waals surface area (Å²) in [5.74, 6) is -2.00. The molecule has 116 valence electrons. The van der Waals surface area contributed by atoms with Crippen LogP contribution in [-0.2, 0) is 10.0 Å². The largest absolute Gasteiger partial charge is 0.478 e. The zero-order valence-electron chi connectivity index (χ0n) is 10.7. The van der Waals surface area contributed by atoms with Crippen LogP contribution in [0.25, 0.3) is 0 Å². The lowest BCUT2D eigenvalue weighted by Gasteiger charge is -2.11. The third-order valence-electron chi connectivity index (χ3n) is 2.61. The molecule has 0 spiro atoms. The minimum atomic E-state index is -4.24. The molecule has 0 bridgehead atoms. The molecule has 0 heterocycles. The SMILES string of the molecule is O=C(O)c1cc(Cl)c(Cl)c(S(=O)(=O)Nc2cccc(F)c2)c1. The fourth-order valence-electron chi connectivity index (χ4n) is 1.64. The van der Waals surface area contributed by atoms with Crippen molar-refractivity contribution in [1.82, 2.24) is 0 Å². The van der Waals surface area contributed by atoms with Gasteiger partial charge in [-0.2, -0.15) is 0 Å². The molecular formula is C13H8Cl2FNO4S. The van der Waals surface area contributed by atoms with E-state index in [2.05, 4.69) is 4.72 Å². The Balaban J connectivity index is 2.51. The van der Waals surface area contributed by atoms with Crippen molar-refractivity contribution in [2.45, 2.75) is 4.90 Å². The van der Waals surface area contributed by atoms with Crippen LogP contribution in [0, 0.1) is 5.82 Å². The summed E-state index contributed by atoms with van der Waals surface area (Å²) in [5.41, 5.74) is -0.373. The zero-order chi connectivity index (χ0) is 16.5.